The molecule has 1 aromatic rings. The molecule has 0 aliphatic heterocycles. The third kappa shape index (κ3) is 3.95. The van der Waals surface area contributed by atoms with Gasteiger partial charge in [0.2, 0.25) is 0 Å². The second-order valence-corrected chi connectivity index (χ2v) is 5.04. The van der Waals surface area contributed by atoms with Crippen molar-refractivity contribution in [1.82, 2.24) is 0 Å². The summed E-state index contributed by atoms with van der Waals surface area (Å²) in [6, 6.07) is 5.62. The second-order valence-electron chi connectivity index (χ2n) is 5.04. The Balaban J connectivity index is 2.95. The Labute approximate surface area is 108 Å². The number of nitrogens with two attached hydrogens (primary N) is 1. The topological polar surface area (TPSA) is 67.8 Å². The van der Waals surface area contributed by atoms with Crippen LogP contribution in [0.3, 0.4) is 0 Å². The Morgan fingerprint density at radius 2 is 2.06 bits per heavy atom. The number of amidine groups is 1. The molecule has 0 aromatic heterocycles. The van der Waals surface area contributed by atoms with E-state index in [-0.39, 0.29) is 11.9 Å². The van der Waals surface area contributed by atoms with Crippen molar-refractivity contribution in [3.63, 3.8) is 0 Å². The van der Waals surface area contributed by atoms with E-state index >= 15 is 0 Å². The maximum atomic E-state index is 8.77. The molecule has 1 rings (SSSR count). The van der Waals surface area contributed by atoms with E-state index < -0.39 is 0 Å². The number of rotatable bonds is 5. The first-order valence-electron chi connectivity index (χ1n) is 6.19. The van der Waals surface area contributed by atoms with Gasteiger partial charge in [0, 0.05) is 0 Å². The lowest BCUT2D eigenvalue weighted by atomic mass is 10.1. The molecule has 1 atom stereocenters. The summed E-state index contributed by atoms with van der Waals surface area (Å²) in [5, 5.41) is 11.8. The van der Waals surface area contributed by atoms with Gasteiger partial charge in [0.05, 0.1) is 11.7 Å². The smallest absolute Gasteiger partial charge is 0.173 e. The quantitative estimate of drug-likeness (QED) is 0.365. The van der Waals surface area contributed by atoms with Crippen molar-refractivity contribution in [2.75, 3.05) is 0 Å². The zero-order chi connectivity index (χ0) is 13.7. The van der Waals surface area contributed by atoms with E-state index in [1.165, 1.54) is 0 Å². The Hall–Kier alpha value is -1.71. The van der Waals surface area contributed by atoms with Crippen LogP contribution in [0.25, 0.3) is 0 Å². The third-order valence-electron chi connectivity index (χ3n) is 2.65. The summed E-state index contributed by atoms with van der Waals surface area (Å²) in [7, 11) is 0. The number of hydrogen-bond donors (Lipinski definition) is 2. The summed E-state index contributed by atoms with van der Waals surface area (Å²) < 4.78 is 5.89. The minimum atomic E-state index is 0.0711. The molecule has 0 aliphatic carbocycles. The summed E-state index contributed by atoms with van der Waals surface area (Å²) in [6.45, 7) is 8.32. The molecule has 0 amide bonds. The summed E-state index contributed by atoms with van der Waals surface area (Å²) >= 11 is 0. The van der Waals surface area contributed by atoms with Crippen LogP contribution in [-0.4, -0.2) is 17.1 Å². The summed E-state index contributed by atoms with van der Waals surface area (Å²) in [6.07, 6.45) is 1.06. The largest absolute Gasteiger partial charge is 0.490 e. The van der Waals surface area contributed by atoms with Gasteiger partial charge in [0.25, 0.3) is 0 Å². The molecular formula is C14H22N2O2. The maximum absolute atomic E-state index is 8.77. The standard InChI is InChI=1S/C14H22N2O2/c1-9(2)7-11(4)18-13-8-10(3)5-6-12(13)14(15)16-17/h5-6,8-9,11,17H,7H2,1-4H3,(H2,15,16). The van der Waals surface area contributed by atoms with Crippen LogP contribution in [0.4, 0.5) is 0 Å². The van der Waals surface area contributed by atoms with Gasteiger partial charge in [0.1, 0.15) is 5.75 Å². The average Bonchev–Trinajstić information content (AvgIpc) is 2.27. The Kier molecular flexibility index (Phi) is 5.01. The lowest BCUT2D eigenvalue weighted by Gasteiger charge is -2.19. The van der Waals surface area contributed by atoms with Crippen LogP contribution in [0.15, 0.2) is 23.4 Å². The first-order chi connectivity index (χ1) is 8.43. The monoisotopic (exact) mass is 250 g/mol. The SMILES string of the molecule is Cc1ccc(C(N)=NO)c(OC(C)CC(C)C)c1. The van der Waals surface area contributed by atoms with Crippen molar-refractivity contribution in [1.29, 1.82) is 0 Å². The average molecular weight is 250 g/mol. The van der Waals surface area contributed by atoms with Gasteiger partial charge in [0.15, 0.2) is 5.84 Å². The molecule has 4 heteroatoms. The highest BCUT2D eigenvalue weighted by molar-refractivity contribution is 5.99. The van der Waals surface area contributed by atoms with E-state index in [9.17, 15) is 0 Å². The zero-order valence-corrected chi connectivity index (χ0v) is 11.5. The second kappa shape index (κ2) is 6.28. The minimum Gasteiger partial charge on any atom is -0.490 e. The van der Waals surface area contributed by atoms with Gasteiger partial charge in [-0.05, 0) is 43.9 Å². The molecule has 4 nitrogen and oxygen atoms in total. The molecule has 0 aliphatic rings. The molecule has 0 fully saturated rings. The molecule has 0 heterocycles. The molecule has 3 N–H and O–H groups in total. The fraction of sp³-hybridized carbons (Fsp3) is 0.500. The fourth-order valence-electron chi connectivity index (χ4n) is 1.92. The molecule has 0 bridgehead atoms. The lowest BCUT2D eigenvalue weighted by Crippen LogP contribution is -2.19. The van der Waals surface area contributed by atoms with Gasteiger partial charge >= 0.3 is 0 Å². The van der Waals surface area contributed by atoms with E-state index in [4.69, 9.17) is 15.7 Å². The minimum absolute atomic E-state index is 0.0711. The van der Waals surface area contributed by atoms with Gasteiger partial charge in [-0.1, -0.05) is 25.1 Å². The van der Waals surface area contributed by atoms with Crippen LogP contribution >= 0.6 is 0 Å². The number of aryl methyl sites for hydroxylation is 1. The van der Waals surface area contributed by atoms with Crippen molar-refractivity contribution < 1.29 is 9.94 Å². The molecule has 1 aromatic carbocycles. The van der Waals surface area contributed by atoms with Crippen LogP contribution < -0.4 is 10.5 Å². The predicted octanol–water partition coefficient (Wildman–Crippen LogP) is 2.90. The van der Waals surface area contributed by atoms with Gasteiger partial charge in [-0.15, -0.1) is 0 Å². The third-order valence-corrected chi connectivity index (χ3v) is 2.65. The van der Waals surface area contributed by atoms with Crippen LogP contribution in [0, 0.1) is 12.8 Å². The van der Waals surface area contributed by atoms with E-state index in [1.54, 1.807) is 0 Å². The number of ether oxygens (including phenoxy) is 1. The van der Waals surface area contributed by atoms with Crippen molar-refractivity contribution in [3.05, 3.63) is 29.3 Å². The van der Waals surface area contributed by atoms with Gasteiger partial charge in [-0.3, -0.25) is 0 Å². The van der Waals surface area contributed by atoms with Crippen molar-refractivity contribution >= 4 is 5.84 Å². The summed E-state index contributed by atoms with van der Waals surface area (Å²) in [5.74, 6) is 1.30. The highest BCUT2D eigenvalue weighted by Crippen LogP contribution is 2.23. The van der Waals surface area contributed by atoms with Crippen LogP contribution in [0.1, 0.15) is 38.3 Å². The highest BCUT2D eigenvalue weighted by Gasteiger charge is 2.13. The molecule has 0 saturated carbocycles. The Morgan fingerprint density at radius 3 is 2.61 bits per heavy atom. The Morgan fingerprint density at radius 1 is 1.39 bits per heavy atom. The van der Waals surface area contributed by atoms with Crippen molar-refractivity contribution in [2.45, 2.75) is 40.2 Å². The van der Waals surface area contributed by atoms with Crippen molar-refractivity contribution in [2.24, 2.45) is 16.8 Å². The van der Waals surface area contributed by atoms with Gasteiger partial charge in [-0.2, -0.15) is 0 Å². The van der Waals surface area contributed by atoms with E-state index in [0.29, 0.717) is 17.2 Å². The molecule has 0 saturated heterocycles. The van der Waals surface area contributed by atoms with Crippen LogP contribution in [-0.2, 0) is 0 Å². The number of nitrogens with zero attached hydrogens (tertiary/aromatic N) is 1. The predicted molar refractivity (Wildman–Crippen MR) is 73.2 cm³/mol. The maximum Gasteiger partial charge on any atom is 0.173 e. The van der Waals surface area contributed by atoms with Gasteiger partial charge < -0.3 is 15.7 Å². The lowest BCUT2D eigenvalue weighted by molar-refractivity contribution is 0.192. The molecule has 100 valence electrons. The van der Waals surface area contributed by atoms with Crippen LogP contribution in [0.5, 0.6) is 5.75 Å². The number of oxime groups is 1. The van der Waals surface area contributed by atoms with E-state index in [1.807, 2.05) is 32.0 Å². The first kappa shape index (κ1) is 14.4. The van der Waals surface area contributed by atoms with Crippen LogP contribution in [0.2, 0.25) is 0 Å². The zero-order valence-electron chi connectivity index (χ0n) is 11.5. The summed E-state index contributed by atoms with van der Waals surface area (Å²) in [5.41, 5.74) is 7.35. The fourth-order valence-corrected chi connectivity index (χ4v) is 1.92. The normalized spacial score (nSPS) is 13.7. The number of hydrogen-bond acceptors (Lipinski definition) is 3. The van der Waals surface area contributed by atoms with Gasteiger partial charge in [-0.25, -0.2) is 0 Å². The molecule has 1 unspecified atom stereocenters. The van der Waals surface area contributed by atoms with Crippen molar-refractivity contribution in [3.8, 4) is 5.75 Å². The molecule has 18 heavy (non-hydrogen) atoms. The highest BCUT2D eigenvalue weighted by atomic mass is 16.5. The van der Waals surface area contributed by atoms with E-state index in [2.05, 4.69) is 19.0 Å². The first-order valence-corrected chi connectivity index (χ1v) is 6.19. The molecule has 0 spiro atoms. The van der Waals surface area contributed by atoms with E-state index in [0.717, 1.165) is 12.0 Å². The Bertz CT molecular complexity index is 428. The molecule has 0 radical (unpaired) electrons. The summed E-state index contributed by atoms with van der Waals surface area (Å²) in [4.78, 5) is 0. The number of benzene rings is 1. The molecular weight excluding hydrogens is 228 g/mol.